The molecule has 1 atom stereocenters. The van der Waals surface area contributed by atoms with E-state index in [0.29, 0.717) is 47.3 Å². The van der Waals surface area contributed by atoms with Crippen LogP contribution in [-0.4, -0.2) is 58.4 Å². The minimum absolute atomic E-state index is 0.0844. The summed E-state index contributed by atoms with van der Waals surface area (Å²) in [5.74, 6) is -0.0844. The molecule has 0 saturated carbocycles. The molecule has 0 aliphatic carbocycles. The Kier molecular flexibility index (Phi) is 6.36. The third-order valence-corrected chi connectivity index (χ3v) is 6.05. The second kappa shape index (κ2) is 8.75. The number of hydrogen-bond donors (Lipinski definition) is 1. The number of nitrogens with one attached hydrogen (secondary N) is 1. The van der Waals surface area contributed by atoms with Crippen LogP contribution in [0.2, 0.25) is 5.02 Å². The average molecular weight is 420 g/mol. The molecular weight excluding hydrogens is 398 g/mol. The Labute approximate surface area is 171 Å². The zero-order valence-electron chi connectivity index (χ0n) is 15.8. The van der Waals surface area contributed by atoms with Crippen LogP contribution >= 0.6 is 11.6 Å². The first-order chi connectivity index (χ1) is 13.3. The number of aryl methyl sites for hydroxylation is 1. The van der Waals surface area contributed by atoms with E-state index in [2.05, 4.69) is 5.32 Å². The summed E-state index contributed by atoms with van der Waals surface area (Å²) in [6, 6.07) is 12.0. The maximum Gasteiger partial charge on any atom is 0.321 e. The molecule has 28 heavy (non-hydrogen) atoms. The molecule has 0 radical (unpaired) electrons. The largest absolute Gasteiger partial charge is 0.335 e. The van der Waals surface area contributed by atoms with Gasteiger partial charge in [0.05, 0.1) is 0 Å². The predicted octanol–water partition coefficient (Wildman–Crippen LogP) is 3.38. The van der Waals surface area contributed by atoms with Gasteiger partial charge in [-0.05, 0) is 48.9 Å². The molecule has 1 aliphatic rings. The second-order valence-electron chi connectivity index (χ2n) is 6.65. The standard InChI is InChI=1S/C20H22ClN3O3S/c1-14-3-6-16(13-18(14)21)22-20(26)24-11-9-23(10-12-24)19(25)15-4-7-17(8-5-15)28(2)27/h3-8,13H,9-12H2,1-2H3,(H,22,26). The van der Waals surface area contributed by atoms with Crippen LogP contribution in [0.1, 0.15) is 15.9 Å². The van der Waals surface area contributed by atoms with Gasteiger partial charge in [-0.25, -0.2) is 4.79 Å². The monoisotopic (exact) mass is 419 g/mol. The third kappa shape index (κ3) is 4.72. The number of piperazine rings is 1. The van der Waals surface area contributed by atoms with E-state index in [4.69, 9.17) is 11.6 Å². The molecule has 1 unspecified atom stereocenters. The van der Waals surface area contributed by atoms with E-state index in [9.17, 15) is 13.8 Å². The van der Waals surface area contributed by atoms with Gasteiger partial charge in [-0.3, -0.25) is 9.00 Å². The van der Waals surface area contributed by atoms with Crippen LogP contribution in [0.15, 0.2) is 47.4 Å². The number of urea groups is 1. The van der Waals surface area contributed by atoms with E-state index in [1.54, 1.807) is 46.4 Å². The Balaban J connectivity index is 1.55. The molecule has 1 heterocycles. The highest BCUT2D eigenvalue weighted by molar-refractivity contribution is 7.84. The maximum atomic E-state index is 12.6. The summed E-state index contributed by atoms with van der Waals surface area (Å²) in [7, 11) is -1.07. The lowest BCUT2D eigenvalue weighted by Gasteiger charge is -2.34. The van der Waals surface area contributed by atoms with E-state index in [0.717, 1.165) is 5.56 Å². The van der Waals surface area contributed by atoms with E-state index < -0.39 is 10.8 Å². The van der Waals surface area contributed by atoms with Crippen molar-refractivity contribution in [3.05, 3.63) is 58.6 Å². The molecule has 3 amide bonds. The molecule has 3 rings (SSSR count). The van der Waals surface area contributed by atoms with Crippen molar-refractivity contribution >= 4 is 40.0 Å². The summed E-state index contributed by atoms with van der Waals surface area (Å²) in [5.41, 5.74) is 2.15. The predicted molar refractivity (Wildman–Crippen MR) is 111 cm³/mol. The molecule has 0 spiro atoms. The quantitative estimate of drug-likeness (QED) is 0.829. The SMILES string of the molecule is Cc1ccc(NC(=O)N2CCN(C(=O)c3ccc(S(C)=O)cc3)CC2)cc1Cl. The van der Waals surface area contributed by atoms with Crippen LogP contribution in [0.5, 0.6) is 0 Å². The van der Waals surface area contributed by atoms with Crippen molar-refractivity contribution < 1.29 is 13.8 Å². The lowest BCUT2D eigenvalue weighted by molar-refractivity contribution is 0.0671. The maximum absolute atomic E-state index is 12.6. The fourth-order valence-electron chi connectivity index (χ4n) is 2.96. The van der Waals surface area contributed by atoms with Gasteiger partial charge in [-0.15, -0.1) is 0 Å². The minimum Gasteiger partial charge on any atom is -0.335 e. The minimum atomic E-state index is -1.07. The smallest absolute Gasteiger partial charge is 0.321 e. The van der Waals surface area contributed by atoms with Crippen molar-refractivity contribution in [3.8, 4) is 0 Å². The first-order valence-corrected chi connectivity index (χ1v) is 10.8. The van der Waals surface area contributed by atoms with E-state index in [1.165, 1.54) is 0 Å². The summed E-state index contributed by atoms with van der Waals surface area (Å²) in [6.45, 7) is 3.73. The second-order valence-corrected chi connectivity index (χ2v) is 8.44. The highest BCUT2D eigenvalue weighted by Gasteiger charge is 2.25. The highest BCUT2D eigenvalue weighted by Crippen LogP contribution is 2.20. The zero-order valence-corrected chi connectivity index (χ0v) is 17.3. The van der Waals surface area contributed by atoms with Crippen LogP contribution in [0.4, 0.5) is 10.5 Å². The summed E-state index contributed by atoms with van der Waals surface area (Å²) in [6.07, 6.45) is 1.60. The van der Waals surface area contributed by atoms with E-state index in [-0.39, 0.29) is 11.9 Å². The van der Waals surface area contributed by atoms with Crippen LogP contribution in [-0.2, 0) is 10.8 Å². The lowest BCUT2D eigenvalue weighted by Crippen LogP contribution is -2.51. The van der Waals surface area contributed by atoms with Gasteiger partial charge in [-0.2, -0.15) is 0 Å². The van der Waals surface area contributed by atoms with Gasteiger partial charge in [0, 0.05) is 64.4 Å². The summed E-state index contributed by atoms with van der Waals surface area (Å²) in [5, 5.41) is 3.45. The molecule has 148 valence electrons. The molecular formula is C20H22ClN3O3S. The van der Waals surface area contributed by atoms with Crippen LogP contribution in [0.25, 0.3) is 0 Å². The van der Waals surface area contributed by atoms with Crippen LogP contribution in [0, 0.1) is 6.92 Å². The summed E-state index contributed by atoms with van der Waals surface area (Å²) >= 11 is 6.10. The highest BCUT2D eigenvalue weighted by atomic mass is 35.5. The zero-order chi connectivity index (χ0) is 20.3. The lowest BCUT2D eigenvalue weighted by atomic mass is 10.2. The number of carbonyl (C=O) groups is 2. The van der Waals surface area contributed by atoms with Crippen molar-refractivity contribution in [1.82, 2.24) is 9.80 Å². The van der Waals surface area contributed by atoms with Crippen molar-refractivity contribution in [1.29, 1.82) is 0 Å². The molecule has 8 heteroatoms. The molecule has 0 aromatic heterocycles. The van der Waals surface area contributed by atoms with Gasteiger partial charge in [-0.1, -0.05) is 17.7 Å². The molecule has 2 aromatic carbocycles. The average Bonchev–Trinajstić information content (AvgIpc) is 2.70. The topological polar surface area (TPSA) is 69.7 Å². The number of benzene rings is 2. The number of rotatable bonds is 3. The van der Waals surface area contributed by atoms with Crippen LogP contribution < -0.4 is 5.32 Å². The van der Waals surface area contributed by atoms with Gasteiger partial charge >= 0.3 is 6.03 Å². The van der Waals surface area contributed by atoms with Crippen molar-refractivity contribution in [3.63, 3.8) is 0 Å². The first kappa shape index (κ1) is 20.4. The number of carbonyl (C=O) groups excluding carboxylic acids is 2. The molecule has 1 N–H and O–H groups in total. The van der Waals surface area contributed by atoms with Crippen molar-refractivity contribution in [2.75, 3.05) is 37.8 Å². The molecule has 1 fully saturated rings. The van der Waals surface area contributed by atoms with Crippen LogP contribution in [0.3, 0.4) is 0 Å². The van der Waals surface area contributed by atoms with Gasteiger partial charge in [0.25, 0.3) is 5.91 Å². The van der Waals surface area contributed by atoms with E-state index in [1.807, 2.05) is 19.1 Å². The molecule has 2 aromatic rings. The van der Waals surface area contributed by atoms with Gasteiger partial charge in [0.15, 0.2) is 0 Å². The molecule has 6 nitrogen and oxygen atoms in total. The number of nitrogens with zero attached hydrogens (tertiary/aromatic N) is 2. The molecule has 1 aliphatic heterocycles. The Hall–Kier alpha value is -2.38. The molecule has 1 saturated heterocycles. The first-order valence-electron chi connectivity index (χ1n) is 8.90. The Bertz CT molecular complexity index is 909. The number of anilines is 1. The number of amides is 3. The fraction of sp³-hybridized carbons (Fsp3) is 0.300. The van der Waals surface area contributed by atoms with Gasteiger partial charge in [0.1, 0.15) is 0 Å². The third-order valence-electron chi connectivity index (χ3n) is 4.71. The van der Waals surface area contributed by atoms with E-state index >= 15 is 0 Å². The van der Waals surface area contributed by atoms with Crippen molar-refractivity contribution in [2.24, 2.45) is 0 Å². The Morgan fingerprint density at radius 1 is 1.00 bits per heavy atom. The number of hydrogen-bond acceptors (Lipinski definition) is 3. The summed E-state index contributed by atoms with van der Waals surface area (Å²) < 4.78 is 11.5. The normalized spacial score (nSPS) is 15.2. The fourth-order valence-corrected chi connectivity index (χ4v) is 3.66. The Morgan fingerprint density at radius 2 is 1.61 bits per heavy atom. The molecule has 0 bridgehead atoms. The summed E-state index contributed by atoms with van der Waals surface area (Å²) in [4.78, 5) is 29.2. The van der Waals surface area contributed by atoms with Gasteiger partial charge < -0.3 is 15.1 Å². The number of halogens is 1. The van der Waals surface area contributed by atoms with Gasteiger partial charge in [0.2, 0.25) is 0 Å². The Morgan fingerprint density at radius 3 is 2.18 bits per heavy atom. The van der Waals surface area contributed by atoms with Crippen molar-refractivity contribution in [2.45, 2.75) is 11.8 Å².